The Morgan fingerprint density at radius 1 is 1.44 bits per heavy atom. The number of rotatable bonds is 5. The Hall–Kier alpha value is -1.63. The van der Waals surface area contributed by atoms with Crippen molar-refractivity contribution in [3.63, 3.8) is 0 Å². The van der Waals surface area contributed by atoms with E-state index in [1.54, 1.807) is 19.1 Å². The molecule has 0 aliphatic heterocycles. The maximum atomic E-state index is 11.2. The van der Waals surface area contributed by atoms with Crippen LogP contribution in [0, 0.1) is 5.92 Å². The molecule has 0 aliphatic rings. The second-order valence-corrected chi connectivity index (χ2v) is 4.61. The summed E-state index contributed by atoms with van der Waals surface area (Å²) in [5.74, 6) is -0.180. The zero-order valence-electron chi connectivity index (χ0n) is 10.5. The van der Waals surface area contributed by atoms with Gasteiger partial charge in [0.2, 0.25) is 0 Å². The van der Waals surface area contributed by atoms with Gasteiger partial charge in [-0.15, -0.1) is 22.0 Å². The zero-order valence-corrected chi connectivity index (χ0v) is 11.3. The predicted molar refractivity (Wildman–Crippen MR) is 67.3 cm³/mol. The van der Waals surface area contributed by atoms with Crippen molar-refractivity contribution in [2.45, 2.75) is 11.9 Å². The molecule has 7 heteroatoms. The van der Waals surface area contributed by atoms with E-state index in [0.717, 1.165) is 0 Å². The van der Waals surface area contributed by atoms with Gasteiger partial charge < -0.3 is 10.1 Å². The maximum absolute atomic E-state index is 11.2. The minimum absolute atomic E-state index is 0.208. The van der Waals surface area contributed by atoms with Crippen LogP contribution in [0.3, 0.4) is 0 Å². The lowest BCUT2D eigenvalue weighted by Crippen LogP contribution is -2.19. The summed E-state index contributed by atoms with van der Waals surface area (Å²) in [6, 6.07) is 3.29. The molecule has 98 valence electrons. The largest absolute Gasteiger partial charge is 0.469 e. The van der Waals surface area contributed by atoms with E-state index in [2.05, 4.69) is 20.3 Å². The highest BCUT2D eigenvalue weighted by molar-refractivity contribution is 7.99. The van der Waals surface area contributed by atoms with Gasteiger partial charge >= 0.3 is 5.97 Å². The third-order valence-corrected chi connectivity index (χ3v) is 3.36. The Balaban J connectivity index is 2.54. The van der Waals surface area contributed by atoms with Crippen LogP contribution in [-0.4, -0.2) is 42.0 Å². The van der Waals surface area contributed by atoms with Crippen molar-refractivity contribution in [3.8, 4) is 0 Å². The number of hydrogen-bond donors (Lipinski definition) is 1. The molecule has 1 rings (SSSR count). The smallest absolute Gasteiger partial charge is 0.309 e. The fourth-order valence-corrected chi connectivity index (χ4v) is 1.95. The van der Waals surface area contributed by atoms with Crippen molar-refractivity contribution in [1.82, 2.24) is 15.5 Å². The van der Waals surface area contributed by atoms with E-state index >= 15 is 0 Å². The highest BCUT2D eigenvalue weighted by atomic mass is 32.2. The van der Waals surface area contributed by atoms with Crippen LogP contribution in [0.15, 0.2) is 17.2 Å². The number of carbonyl (C=O) groups is 2. The van der Waals surface area contributed by atoms with Crippen molar-refractivity contribution in [2.24, 2.45) is 5.92 Å². The van der Waals surface area contributed by atoms with E-state index in [9.17, 15) is 9.59 Å². The molecule has 0 radical (unpaired) electrons. The fraction of sp³-hybridized carbons (Fsp3) is 0.455. The lowest BCUT2D eigenvalue weighted by atomic mass is 10.2. The molecule has 0 spiro atoms. The number of nitrogens with zero attached hydrogens (tertiary/aromatic N) is 2. The SMILES string of the molecule is CNC(=O)c1ccc(SCC(C)C(=O)OC)nn1. The van der Waals surface area contributed by atoms with E-state index in [0.29, 0.717) is 10.8 Å². The molecular weight excluding hydrogens is 254 g/mol. The van der Waals surface area contributed by atoms with Crippen LogP contribution in [0.5, 0.6) is 0 Å². The van der Waals surface area contributed by atoms with Gasteiger partial charge in [-0.25, -0.2) is 0 Å². The van der Waals surface area contributed by atoms with Crippen molar-refractivity contribution in [1.29, 1.82) is 0 Å². The number of thioether (sulfide) groups is 1. The van der Waals surface area contributed by atoms with Gasteiger partial charge in [-0.05, 0) is 12.1 Å². The summed E-state index contributed by atoms with van der Waals surface area (Å²) in [6.07, 6.45) is 0. The van der Waals surface area contributed by atoms with Gasteiger partial charge in [0.15, 0.2) is 5.69 Å². The molecule has 1 aromatic rings. The van der Waals surface area contributed by atoms with Crippen LogP contribution in [0.2, 0.25) is 0 Å². The van der Waals surface area contributed by atoms with Crippen molar-refractivity contribution < 1.29 is 14.3 Å². The van der Waals surface area contributed by atoms with Gasteiger partial charge in [-0.3, -0.25) is 9.59 Å². The summed E-state index contributed by atoms with van der Waals surface area (Å²) in [4.78, 5) is 22.4. The first-order chi connectivity index (χ1) is 8.58. The number of ether oxygens (including phenoxy) is 1. The number of aromatic nitrogens is 2. The fourth-order valence-electron chi connectivity index (χ4n) is 1.13. The molecule has 0 aliphatic carbocycles. The quantitative estimate of drug-likeness (QED) is 0.627. The predicted octanol–water partition coefficient (Wildman–Crippen LogP) is 0.737. The summed E-state index contributed by atoms with van der Waals surface area (Å²) in [5, 5.41) is 10.8. The van der Waals surface area contributed by atoms with Crippen LogP contribution in [0.25, 0.3) is 0 Å². The van der Waals surface area contributed by atoms with Crippen molar-refractivity contribution in [2.75, 3.05) is 19.9 Å². The first kappa shape index (κ1) is 14.4. The van der Waals surface area contributed by atoms with Crippen molar-refractivity contribution >= 4 is 23.6 Å². The number of nitrogens with one attached hydrogen (secondary N) is 1. The number of amides is 1. The van der Waals surface area contributed by atoms with E-state index in [1.807, 2.05) is 0 Å². The van der Waals surface area contributed by atoms with Gasteiger partial charge in [0, 0.05) is 12.8 Å². The van der Waals surface area contributed by atoms with Gasteiger partial charge in [0.1, 0.15) is 5.03 Å². The molecule has 1 heterocycles. The summed E-state index contributed by atoms with van der Waals surface area (Å²) < 4.78 is 4.62. The number of methoxy groups -OCH3 is 1. The molecule has 1 aromatic heterocycles. The lowest BCUT2D eigenvalue weighted by Gasteiger charge is -2.07. The average Bonchev–Trinajstić information content (AvgIpc) is 2.43. The molecule has 0 aromatic carbocycles. The molecule has 1 unspecified atom stereocenters. The molecular formula is C11H15N3O3S. The van der Waals surface area contributed by atoms with Crippen LogP contribution >= 0.6 is 11.8 Å². The molecule has 0 saturated carbocycles. The molecule has 0 bridgehead atoms. The molecule has 1 N–H and O–H groups in total. The van der Waals surface area contributed by atoms with E-state index in [4.69, 9.17) is 0 Å². The number of carbonyl (C=O) groups excluding carboxylic acids is 2. The normalized spacial score (nSPS) is 11.7. The first-order valence-electron chi connectivity index (χ1n) is 5.35. The van der Waals surface area contributed by atoms with Crippen LogP contribution in [0.4, 0.5) is 0 Å². The Kier molecular flexibility index (Phi) is 5.57. The number of esters is 1. The average molecular weight is 269 g/mol. The summed E-state index contributed by atoms with van der Waals surface area (Å²) in [5.41, 5.74) is 0.267. The Morgan fingerprint density at radius 2 is 2.17 bits per heavy atom. The molecule has 1 amide bonds. The van der Waals surface area contributed by atoms with Crippen LogP contribution < -0.4 is 5.32 Å². The second kappa shape index (κ2) is 6.95. The summed E-state index contributed by atoms with van der Waals surface area (Å²) in [7, 11) is 2.90. The summed E-state index contributed by atoms with van der Waals surface area (Å²) in [6.45, 7) is 1.78. The standard InChI is InChI=1S/C11H15N3O3S/c1-7(11(16)17-3)6-18-9-5-4-8(13-14-9)10(15)12-2/h4-5,7H,6H2,1-3H3,(H,12,15). The van der Waals surface area contributed by atoms with E-state index in [1.165, 1.54) is 25.9 Å². The van der Waals surface area contributed by atoms with Crippen molar-refractivity contribution in [3.05, 3.63) is 17.8 Å². The highest BCUT2D eigenvalue weighted by Crippen LogP contribution is 2.18. The Labute approximate surface area is 110 Å². The third-order valence-electron chi connectivity index (χ3n) is 2.18. The molecule has 18 heavy (non-hydrogen) atoms. The Morgan fingerprint density at radius 3 is 2.67 bits per heavy atom. The molecule has 0 fully saturated rings. The molecule has 1 atom stereocenters. The minimum Gasteiger partial charge on any atom is -0.469 e. The van der Waals surface area contributed by atoms with E-state index < -0.39 is 0 Å². The van der Waals surface area contributed by atoms with Crippen LogP contribution in [-0.2, 0) is 9.53 Å². The van der Waals surface area contributed by atoms with Crippen LogP contribution in [0.1, 0.15) is 17.4 Å². The van der Waals surface area contributed by atoms with Gasteiger partial charge in [-0.2, -0.15) is 0 Å². The Bertz CT molecular complexity index is 422. The molecule has 6 nitrogen and oxygen atoms in total. The monoisotopic (exact) mass is 269 g/mol. The molecule has 0 saturated heterocycles. The lowest BCUT2D eigenvalue weighted by molar-refractivity contribution is -0.143. The summed E-state index contributed by atoms with van der Waals surface area (Å²) >= 11 is 1.39. The maximum Gasteiger partial charge on any atom is 0.309 e. The number of hydrogen-bond acceptors (Lipinski definition) is 6. The minimum atomic E-state index is -0.276. The van der Waals surface area contributed by atoms with Gasteiger partial charge in [-0.1, -0.05) is 6.92 Å². The second-order valence-electron chi connectivity index (χ2n) is 3.57. The first-order valence-corrected chi connectivity index (χ1v) is 6.33. The van der Waals surface area contributed by atoms with Gasteiger partial charge in [0.25, 0.3) is 5.91 Å². The third kappa shape index (κ3) is 3.99. The van der Waals surface area contributed by atoms with E-state index in [-0.39, 0.29) is 23.5 Å². The zero-order chi connectivity index (χ0) is 13.5. The topological polar surface area (TPSA) is 81.2 Å². The van der Waals surface area contributed by atoms with Gasteiger partial charge in [0.05, 0.1) is 13.0 Å². The highest BCUT2D eigenvalue weighted by Gasteiger charge is 2.14.